The van der Waals surface area contributed by atoms with Crippen LogP contribution in [-0.4, -0.2) is 53.0 Å². The Bertz CT molecular complexity index is 795. The third-order valence-electron chi connectivity index (χ3n) is 5.46. The van der Waals surface area contributed by atoms with E-state index in [1.165, 1.54) is 11.3 Å². The zero-order chi connectivity index (χ0) is 18.6. The van der Waals surface area contributed by atoms with E-state index in [-0.39, 0.29) is 5.91 Å². The van der Waals surface area contributed by atoms with E-state index in [1.807, 2.05) is 4.90 Å². The molecule has 0 radical (unpaired) electrons. The van der Waals surface area contributed by atoms with E-state index in [0.29, 0.717) is 17.6 Å². The van der Waals surface area contributed by atoms with Crippen molar-refractivity contribution >= 4 is 17.4 Å². The fraction of sp³-hybridized carbons (Fsp3) is 0.476. The third kappa shape index (κ3) is 4.21. The number of piperidine rings is 1. The number of hydrogen-bond donors (Lipinski definition) is 1. The van der Waals surface area contributed by atoms with E-state index in [1.54, 1.807) is 12.4 Å². The van der Waals surface area contributed by atoms with Gasteiger partial charge < -0.3 is 15.1 Å². The van der Waals surface area contributed by atoms with Gasteiger partial charge in [0.05, 0.1) is 12.4 Å². The molecule has 0 aliphatic carbocycles. The van der Waals surface area contributed by atoms with Gasteiger partial charge in [-0.05, 0) is 50.3 Å². The van der Waals surface area contributed by atoms with Gasteiger partial charge >= 0.3 is 0 Å². The minimum absolute atomic E-state index is 0.00193. The predicted octanol–water partition coefficient (Wildman–Crippen LogP) is 3.10. The van der Waals surface area contributed by atoms with E-state index in [0.717, 1.165) is 51.9 Å². The van der Waals surface area contributed by atoms with Gasteiger partial charge in [-0.2, -0.15) is 0 Å². The van der Waals surface area contributed by atoms with Gasteiger partial charge in [0.1, 0.15) is 11.5 Å². The Morgan fingerprint density at radius 3 is 2.63 bits per heavy atom. The Kier molecular flexibility index (Phi) is 5.23. The zero-order valence-corrected chi connectivity index (χ0v) is 15.9. The molecular weight excluding hydrogens is 338 g/mol. The van der Waals surface area contributed by atoms with Crippen LogP contribution < -0.4 is 10.2 Å². The Labute approximate surface area is 160 Å². The Morgan fingerprint density at radius 2 is 1.89 bits per heavy atom. The van der Waals surface area contributed by atoms with Crippen molar-refractivity contribution in [1.29, 1.82) is 0 Å². The minimum atomic E-state index is -0.00193. The maximum Gasteiger partial charge on any atom is 0.274 e. The summed E-state index contributed by atoms with van der Waals surface area (Å²) in [6.07, 6.45) is 7.53. The number of hydrogen-bond acceptors (Lipinski definition) is 5. The van der Waals surface area contributed by atoms with Gasteiger partial charge in [-0.3, -0.25) is 9.78 Å². The number of aryl methyl sites for hydroxylation is 1. The highest BCUT2D eigenvalue weighted by molar-refractivity contribution is 5.92. The standard InChI is InChI=1S/C21H27N5O/c1-16-5-4-6-18(13-16)25-11-7-17(8-12-25)23-20-15-22-14-19(24-20)21(27)26-9-2-3-10-26/h4-6,13-15,17H,2-3,7-12H2,1H3,(H,23,24). The lowest BCUT2D eigenvalue weighted by atomic mass is 10.0. The van der Waals surface area contributed by atoms with Gasteiger partial charge in [0, 0.05) is 37.9 Å². The molecule has 1 N–H and O–H groups in total. The summed E-state index contributed by atoms with van der Waals surface area (Å²) in [5.74, 6) is 0.701. The van der Waals surface area contributed by atoms with Crippen LogP contribution in [0, 0.1) is 6.92 Å². The average Bonchev–Trinajstić information content (AvgIpc) is 3.23. The number of nitrogens with zero attached hydrogens (tertiary/aromatic N) is 4. The molecule has 2 aliphatic heterocycles. The molecule has 142 valence electrons. The Balaban J connectivity index is 1.35. The average molecular weight is 365 g/mol. The van der Waals surface area contributed by atoms with Crippen molar-refractivity contribution in [3.8, 4) is 0 Å². The normalized spacial score (nSPS) is 18.0. The van der Waals surface area contributed by atoms with Crippen LogP contribution in [0.3, 0.4) is 0 Å². The molecule has 3 heterocycles. The Morgan fingerprint density at radius 1 is 1.11 bits per heavy atom. The summed E-state index contributed by atoms with van der Waals surface area (Å²) >= 11 is 0. The number of likely N-dealkylation sites (tertiary alicyclic amines) is 1. The number of anilines is 2. The van der Waals surface area contributed by atoms with Gasteiger partial charge in [0.15, 0.2) is 0 Å². The Hall–Kier alpha value is -2.63. The maximum absolute atomic E-state index is 12.5. The molecule has 2 aromatic rings. The summed E-state index contributed by atoms with van der Waals surface area (Å²) in [5, 5.41) is 3.48. The van der Waals surface area contributed by atoms with Crippen molar-refractivity contribution in [2.24, 2.45) is 0 Å². The van der Waals surface area contributed by atoms with E-state index >= 15 is 0 Å². The van der Waals surface area contributed by atoms with Crippen molar-refractivity contribution < 1.29 is 4.79 Å². The molecule has 0 atom stereocenters. The summed E-state index contributed by atoms with van der Waals surface area (Å²) in [6.45, 7) is 5.82. The second-order valence-corrected chi connectivity index (χ2v) is 7.53. The largest absolute Gasteiger partial charge is 0.371 e. The first kappa shape index (κ1) is 17.8. The molecule has 0 spiro atoms. The van der Waals surface area contributed by atoms with Crippen molar-refractivity contribution in [2.75, 3.05) is 36.4 Å². The topological polar surface area (TPSA) is 61.4 Å². The van der Waals surface area contributed by atoms with Crippen LogP contribution in [-0.2, 0) is 0 Å². The first-order chi connectivity index (χ1) is 13.2. The van der Waals surface area contributed by atoms with Gasteiger partial charge in [0.25, 0.3) is 5.91 Å². The summed E-state index contributed by atoms with van der Waals surface area (Å²) in [4.78, 5) is 25.6. The van der Waals surface area contributed by atoms with Crippen molar-refractivity contribution in [3.05, 3.63) is 47.9 Å². The number of carbonyl (C=O) groups excluding carboxylic acids is 1. The van der Waals surface area contributed by atoms with Gasteiger partial charge in [-0.15, -0.1) is 0 Å². The van der Waals surface area contributed by atoms with E-state index in [9.17, 15) is 4.79 Å². The van der Waals surface area contributed by atoms with E-state index in [2.05, 4.69) is 51.4 Å². The second-order valence-electron chi connectivity index (χ2n) is 7.53. The molecule has 6 nitrogen and oxygen atoms in total. The second kappa shape index (κ2) is 7.94. The minimum Gasteiger partial charge on any atom is -0.371 e. The number of carbonyl (C=O) groups is 1. The first-order valence-corrected chi connectivity index (χ1v) is 9.88. The van der Waals surface area contributed by atoms with E-state index in [4.69, 9.17) is 0 Å². The van der Waals surface area contributed by atoms with Crippen molar-refractivity contribution in [1.82, 2.24) is 14.9 Å². The van der Waals surface area contributed by atoms with Gasteiger partial charge in [-0.1, -0.05) is 12.1 Å². The molecule has 1 amide bonds. The number of amides is 1. The molecule has 0 unspecified atom stereocenters. The van der Waals surface area contributed by atoms with Crippen LogP contribution >= 0.6 is 0 Å². The molecular formula is C21H27N5O. The predicted molar refractivity (Wildman–Crippen MR) is 107 cm³/mol. The fourth-order valence-corrected chi connectivity index (χ4v) is 3.94. The molecule has 27 heavy (non-hydrogen) atoms. The maximum atomic E-state index is 12.5. The lowest BCUT2D eigenvalue weighted by Crippen LogP contribution is -2.39. The fourth-order valence-electron chi connectivity index (χ4n) is 3.94. The van der Waals surface area contributed by atoms with Crippen molar-refractivity contribution in [2.45, 2.75) is 38.6 Å². The third-order valence-corrected chi connectivity index (χ3v) is 5.46. The van der Waals surface area contributed by atoms with Crippen LogP contribution in [0.1, 0.15) is 41.7 Å². The smallest absolute Gasteiger partial charge is 0.274 e. The molecule has 2 fully saturated rings. The molecule has 4 rings (SSSR count). The molecule has 1 aromatic heterocycles. The lowest BCUT2D eigenvalue weighted by Gasteiger charge is -2.34. The first-order valence-electron chi connectivity index (χ1n) is 9.88. The number of rotatable bonds is 4. The van der Waals surface area contributed by atoms with Crippen LogP contribution in [0.4, 0.5) is 11.5 Å². The summed E-state index contributed by atoms with van der Waals surface area (Å²) < 4.78 is 0. The highest BCUT2D eigenvalue weighted by Gasteiger charge is 2.23. The number of aromatic nitrogens is 2. The zero-order valence-electron chi connectivity index (χ0n) is 15.9. The SMILES string of the molecule is Cc1cccc(N2CCC(Nc3cncc(C(=O)N4CCCC4)n3)CC2)c1. The molecule has 0 saturated carbocycles. The highest BCUT2D eigenvalue weighted by Crippen LogP contribution is 2.22. The van der Waals surface area contributed by atoms with Crippen LogP contribution in [0.15, 0.2) is 36.7 Å². The van der Waals surface area contributed by atoms with Crippen molar-refractivity contribution in [3.63, 3.8) is 0 Å². The summed E-state index contributed by atoms with van der Waals surface area (Å²) in [6, 6.07) is 9.03. The van der Waals surface area contributed by atoms with E-state index < -0.39 is 0 Å². The molecule has 6 heteroatoms. The highest BCUT2D eigenvalue weighted by atomic mass is 16.2. The van der Waals surface area contributed by atoms with Gasteiger partial charge in [-0.25, -0.2) is 4.98 Å². The lowest BCUT2D eigenvalue weighted by molar-refractivity contribution is 0.0786. The molecule has 1 aromatic carbocycles. The van der Waals surface area contributed by atoms with Crippen LogP contribution in [0.5, 0.6) is 0 Å². The molecule has 2 aliphatic rings. The monoisotopic (exact) mass is 365 g/mol. The quantitative estimate of drug-likeness (QED) is 0.902. The van der Waals surface area contributed by atoms with Crippen LogP contribution in [0.25, 0.3) is 0 Å². The molecule has 0 bridgehead atoms. The van der Waals surface area contributed by atoms with Gasteiger partial charge in [0.2, 0.25) is 0 Å². The number of nitrogens with one attached hydrogen (secondary N) is 1. The van der Waals surface area contributed by atoms with Crippen LogP contribution in [0.2, 0.25) is 0 Å². The molecule has 2 saturated heterocycles. The summed E-state index contributed by atoms with van der Waals surface area (Å²) in [7, 11) is 0. The summed E-state index contributed by atoms with van der Waals surface area (Å²) in [5.41, 5.74) is 3.04. The number of benzene rings is 1.